The van der Waals surface area contributed by atoms with E-state index in [9.17, 15) is 13.2 Å². The minimum absolute atomic E-state index is 0.238. The fourth-order valence-electron chi connectivity index (χ4n) is 2.92. The molecule has 1 aromatic carbocycles. The minimum atomic E-state index is -4.12. The molecule has 0 amide bonds. The SMILES string of the molecule is FC(F)(F)CN1CCC(CNCc2sc(Sc3ccccc3)nc2Cl)C1. The molecule has 0 saturated carbocycles. The summed E-state index contributed by atoms with van der Waals surface area (Å²) in [4.78, 5) is 7.91. The van der Waals surface area contributed by atoms with Gasteiger partial charge in [-0.05, 0) is 37.6 Å². The van der Waals surface area contributed by atoms with Gasteiger partial charge in [0.15, 0.2) is 4.34 Å². The van der Waals surface area contributed by atoms with Crippen molar-refractivity contribution in [3.63, 3.8) is 0 Å². The molecular weight excluding hydrogens is 403 g/mol. The van der Waals surface area contributed by atoms with Crippen LogP contribution in [0, 0.1) is 5.92 Å². The molecule has 2 heterocycles. The van der Waals surface area contributed by atoms with Gasteiger partial charge in [-0.15, -0.1) is 11.3 Å². The number of likely N-dealkylation sites (tertiary alicyclic amines) is 1. The van der Waals surface area contributed by atoms with Gasteiger partial charge in [-0.1, -0.05) is 41.6 Å². The number of alkyl halides is 3. The second-order valence-corrected chi connectivity index (χ2v) is 9.01. The van der Waals surface area contributed by atoms with Gasteiger partial charge in [0.25, 0.3) is 0 Å². The quantitative estimate of drug-likeness (QED) is 0.686. The number of hydrogen-bond donors (Lipinski definition) is 1. The van der Waals surface area contributed by atoms with Crippen LogP contribution in [-0.2, 0) is 6.54 Å². The highest BCUT2D eigenvalue weighted by atomic mass is 35.5. The molecule has 142 valence electrons. The van der Waals surface area contributed by atoms with Crippen LogP contribution >= 0.6 is 34.7 Å². The van der Waals surface area contributed by atoms with Crippen molar-refractivity contribution in [1.29, 1.82) is 0 Å². The smallest absolute Gasteiger partial charge is 0.311 e. The molecular formula is C17H19ClF3N3S2. The van der Waals surface area contributed by atoms with E-state index in [1.54, 1.807) is 23.1 Å². The Morgan fingerprint density at radius 1 is 1.31 bits per heavy atom. The predicted octanol–water partition coefficient (Wildman–Crippen LogP) is 4.92. The van der Waals surface area contributed by atoms with E-state index >= 15 is 0 Å². The Hall–Kier alpha value is -0.800. The Bertz CT molecular complexity index is 709. The Kier molecular flexibility index (Phi) is 6.85. The van der Waals surface area contributed by atoms with Gasteiger partial charge >= 0.3 is 6.18 Å². The molecule has 3 nitrogen and oxygen atoms in total. The van der Waals surface area contributed by atoms with Crippen LogP contribution in [0.5, 0.6) is 0 Å². The van der Waals surface area contributed by atoms with Crippen LogP contribution in [0.1, 0.15) is 11.3 Å². The lowest BCUT2D eigenvalue weighted by Crippen LogP contribution is -2.33. The van der Waals surface area contributed by atoms with Gasteiger partial charge in [0.2, 0.25) is 0 Å². The number of nitrogens with one attached hydrogen (secondary N) is 1. The molecule has 9 heteroatoms. The molecule has 3 rings (SSSR count). The van der Waals surface area contributed by atoms with Crippen LogP contribution in [0.25, 0.3) is 0 Å². The van der Waals surface area contributed by atoms with Crippen molar-refractivity contribution < 1.29 is 13.2 Å². The van der Waals surface area contributed by atoms with Crippen LogP contribution in [-0.4, -0.2) is 42.2 Å². The van der Waals surface area contributed by atoms with Crippen LogP contribution in [0.4, 0.5) is 13.2 Å². The number of nitrogens with zero attached hydrogens (tertiary/aromatic N) is 2. The van der Waals surface area contributed by atoms with Gasteiger partial charge in [0.1, 0.15) is 5.15 Å². The van der Waals surface area contributed by atoms with Gasteiger partial charge in [-0.25, -0.2) is 4.98 Å². The van der Waals surface area contributed by atoms with Gasteiger partial charge in [0.05, 0.1) is 11.4 Å². The molecule has 0 radical (unpaired) electrons. The average molecular weight is 422 g/mol. The Morgan fingerprint density at radius 2 is 2.08 bits per heavy atom. The summed E-state index contributed by atoms with van der Waals surface area (Å²) in [6.45, 7) is 1.44. The van der Waals surface area contributed by atoms with E-state index < -0.39 is 12.7 Å². The van der Waals surface area contributed by atoms with Crippen molar-refractivity contribution in [3.05, 3.63) is 40.4 Å². The summed E-state index contributed by atoms with van der Waals surface area (Å²) in [6, 6.07) is 9.95. The average Bonchev–Trinajstić information content (AvgIpc) is 3.14. The third-order valence-corrected chi connectivity index (χ3v) is 6.62. The van der Waals surface area contributed by atoms with Gasteiger partial charge < -0.3 is 5.32 Å². The Labute approximate surface area is 163 Å². The topological polar surface area (TPSA) is 28.2 Å². The Morgan fingerprint density at radius 3 is 2.81 bits per heavy atom. The molecule has 0 spiro atoms. The highest BCUT2D eigenvalue weighted by molar-refractivity contribution is 8.01. The van der Waals surface area contributed by atoms with E-state index in [2.05, 4.69) is 10.3 Å². The lowest BCUT2D eigenvalue weighted by molar-refractivity contribution is -0.143. The molecule has 1 aromatic heterocycles. The normalized spacial score (nSPS) is 18.5. The maximum atomic E-state index is 12.4. The first-order valence-corrected chi connectivity index (χ1v) is 10.3. The van der Waals surface area contributed by atoms with E-state index in [1.807, 2.05) is 30.3 Å². The maximum absolute atomic E-state index is 12.4. The summed E-state index contributed by atoms with van der Waals surface area (Å²) in [6.07, 6.45) is -3.33. The second-order valence-electron chi connectivity index (χ2n) is 6.24. The molecule has 1 saturated heterocycles. The van der Waals surface area contributed by atoms with E-state index in [-0.39, 0.29) is 5.92 Å². The number of rotatable bonds is 7. The second kappa shape index (κ2) is 8.93. The summed E-state index contributed by atoms with van der Waals surface area (Å²) in [5.74, 6) is 0.238. The molecule has 2 aromatic rings. The highest BCUT2D eigenvalue weighted by Crippen LogP contribution is 2.34. The molecule has 1 fully saturated rings. The lowest BCUT2D eigenvalue weighted by atomic mass is 10.1. The summed E-state index contributed by atoms with van der Waals surface area (Å²) in [5, 5.41) is 3.81. The lowest BCUT2D eigenvalue weighted by Gasteiger charge is -2.17. The van der Waals surface area contributed by atoms with E-state index in [1.165, 1.54) is 4.90 Å². The minimum Gasteiger partial charge on any atom is -0.311 e. The summed E-state index contributed by atoms with van der Waals surface area (Å²) in [7, 11) is 0. The Balaban J connectivity index is 1.44. The molecule has 1 aliphatic rings. The fraction of sp³-hybridized carbons (Fsp3) is 0.471. The number of hydrogen-bond acceptors (Lipinski definition) is 5. The molecule has 1 N–H and O–H groups in total. The van der Waals surface area contributed by atoms with E-state index in [4.69, 9.17) is 11.6 Å². The first-order chi connectivity index (χ1) is 12.4. The monoisotopic (exact) mass is 421 g/mol. The van der Waals surface area contributed by atoms with Crippen molar-refractivity contribution in [1.82, 2.24) is 15.2 Å². The van der Waals surface area contributed by atoms with Gasteiger partial charge in [-0.3, -0.25) is 4.90 Å². The molecule has 1 unspecified atom stereocenters. The zero-order chi connectivity index (χ0) is 18.6. The number of thiazole rings is 1. The summed E-state index contributed by atoms with van der Waals surface area (Å²) < 4.78 is 38.2. The van der Waals surface area contributed by atoms with Crippen molar-refractivity contribution in [2.45, 2.75) is 28.4 Å². The summed E-state index contributed by atoms with van der Waals surface area (Å²) >= 11 is 9.33. The first-order valence-electron chi connectivity index (χ1n) is 8.27. The van der Waals surface area contributed by atoms with Crippen molar-refractivity contribution in [2.24, 2.45) is 5.92 Å². The predicted molar refractivity (Wildman–Crippen MR) is 100.0 cm³/mol. The number of halogens is 4. The molecule has 26 heavy (non-hydrogen) atoms. The van der Waals surface area contributed by atoms with Crippen LogP contribution in [0.2, 0.25) is 5.15 Å². The van der Waals surface area contributed by atoms with Crippen LogP contribution in [0.15, 0.2) is 39.6 Å². The molecule has 1 atom stereocenters. The van der Waals surface area contributed by atoms with Gasteiger partial charge in [-0.2, -0.15) is 13.2 Å². The molecule has 0 aliphatic carbocycles. The summed E-state index contributed by atoms with van der Waals surface area (Å²) in [5.41, 5.74) is 0. The highest BCUT2D eigenvalue weighted by Gasteiger charge is 2.34. The van der Waals surface area contributed by atoms with E-state index in [0.29, 0.717) is 31.3 Å². The van der Waals surface area contributed by atoms with Crippen LogP contribution < -0.4 is 5.32 Å². The van der Waals surface area contributed by atoms with E-state index in [0.717, 1.165) is 20.5 Å². The third kappa shape index (κ3) is 6.13. The zero-order valence-corrected chi connectivity index (χ0v) is 16.3. The molecule has 0 bridgehead atoms. The number of benzene rings is 1. The largest absolute Gasteiger partial charge is 0.401 e. The zero-order valence-electron chi connectivity index (χ0n) is 13.9. The number of aromatic nitrogens is 1. The van der Waals surface area contributed by atoms with Crippen LogP contribution in [0.3, 0.4) is 0 Å². The molecule has 1 aliphatic heterocycles. The standard InChI is InChI=1S/C17H19ClF3N3S2/c18-15-14(26-16(23-15)25-13-4-2-1-3-5-13)9-22-8-12-6-7-24(10-12)11-17(19,20)21/h1-5,12,22H,6-11H2. The first kappa shape index (κ1) is 19.9. The third-order valence-electron chi connectivity index (χ3n) is 4.07. The van der Waals surface area contributed by atoms with Crippen molar-refractivity contribution in [3.8, 4) is 0 Å². The fourth-order valence-corrected chi connectivity index (χ4v) is 5.33. The van der Waals surface area contributed by atoms with Crippen molar-refractivity contribution >= 4 is 34.7 Å². The van der Waals surface area contributed by atoms with Gasteiger partial charge in [0, 0.05) is 18.0 Å². The van der Waals surface area contributed by atoms with Crippen molar-refractivity contribution in [2.75, 3.05) is 26.2 Å². The maximum Gasteiger partial charge on any atom is 0.401 e.